The minimum Gasteiger partial charge on any atom is -0.437 e. The highest BCUT2D eigenvalue weighted by Gasteiger charge is 2.26. The van der Waals surface area contributed by atoms with Crippen molar-refractivity contribution in [2.45, 2.75) is 6.04 Å². The zero-order valence-electron chi connectivity index (χ0n) is 19.6. The summed E-state index contributed by atoms with van der Waals surface area (Å²) in [7, 11) is 2.10. The fourth-order valence-corrected chi connectivity index (χ4v) is 4.28. The first-order valence-corrected chi connectivity index (χ1v) is 11.0. The van der Waals surface area contributed by atoms with Gasteiger partial charge in [-0.2, -0.15) is 0 Å². The van der Waals surface area contributed by atoms with Gasteiger partial charge in [-0.25, -0.2) is 14.4 Å². The Labute approximate surface area is 220 Å². The zero-order chi connectivity index (χ0) is 23.8. The predicted octanol–water partition coefficient (Wildman–Crippen LogP) is 3.78. The van der Waals surface area contributed by atoms with Crippen LogP contribution in [0.2, 0.25) is 0 Å². The maximum Gasteiger partial charge on any atom is 0.238 e. The van der Waals surface area contributed by atoms with Gasteiger partial charge in [0.15, 0.2) is 0 Å². The largest absolute Gasteiger partial charge is 0.437 e. The van der Waals surface area contributed by atoms with Crippen LogP contribution in [-0.2, 0) is 4.79 Å². The number of piperazine rings is 1. The molecule has 8 nitrogen and oxygen atoms in total. The number of amides is 1. The highest BCUT2D eigenvalue weighted by Crippen LogP contribution is 2.43. The molecule has 5 rings (SSSR count). The van der Waals surface area contributed by atoms with E-state index in [0.717, 1.165) is 54.1 Å². The van der Waals surface area contributed by atoms with Crippen LogP contribution in [-0.4, -0.2) is 54.0 Å². The first-order chi connectivity index (χ1) is 16.4. The van der Waals surface area contributed by atoms with Crippen LogP contribution in [0.25, 0.3) is 33.6 Å². The Kier molecular flexibility index (Phi) is 8.52. The molecule has 0 bridgehead atoms. The van der Waals surface area contributed by atoms with Crippen molar-refractivity contribution in [1.82, 2.24) is 14.9 Å². The summed E-state index contributed by atoms with van der Waals surface area (Å²) < 4.78 is 20.0. The van der Waals surface area contributed by atoms with Crippen molar-refractivity contribution in [3.8, 4) is 22.5 Å². The van der Waals surface area contributed by atoms with Crippen molar-refractivity contribution < 1.29 is 13.6 Å². The average molecular weight is 533 g/mol. The number of primary amides is 1. The number of hydrogen-bond donors (Lipinski definition) is 2. The molecular formula is C25H27Cl2FN6O2. The second-order valence-electron chi connectivity index (χ2n) is 8.48. The van der Waals surface area contributed by atoms with E-state index in [1.54, 1.807) is 24.3 Å². The van der Waals surface area contributed by atoms with Crippen molar-refractivity contribution in [1.29, 1.82) is 0 Å². The number of carbonyl (C=O) groups excluding carboxylic acids is 1. The zero-order valence-corrected chi connectivity index (χ0v) is 21.2. The van der Waals surface area contributed by atoms with E-state index in [0.29, 0.717) is 17.0 Å². The molecule has 2 aromatic heterocycles. The summed E-state index contributed by atoms with van der Waals surface area (Å²) in [6, 6.07) is 12.5. The van der Waals surface area contributed by atoms with Crippen LogP contribution >= 0.6 is 24.8 Å². The third-order valence-corrected chi connectivity index (χ3v) is 6.24. The van der Waals surface area contributed by atoms with E-state index in [4.69, 9.17) is 15.9 Å². The van der Waals surface area contributed by atoms with E-state index in [-0.39, 0.29) is 30.6 Å². The number of aromatic nitrogens is 2. The predicted molar refractivity (Wildman–Crippen MR) is 143 cm³/mol. The van der Waals surface area contributed by atoms with Crippen LogP contribution in [0.5, 0.6) is 0 Å². The number of rotatable bonds is 5. The third-order valence-electron chi connectivity index (χ3n) is 6.24. The number of nitrogens with two attached hydrogens (primary N) is 2. The van der Waals surface area contributed by atoms with Crippen LogP contribution in [0.4, 0.5) is 10.2 Å². The summed E-state index contributed by atoms with van der Waals surface area (Å²) in [6.07, 6.45) is 1.51. The van der Waals surface area contributed by atoms with Gasteiger partial charge in [0.2, 0.25) is 11.6 Å². The minimum atomic E-state index is -0.893. The molecule has 1 aliphatic heterocycles. The number of benzene rings is 2. The molecule has 3 heterocycles. The lowest BCUT2D eigenvalue weighted by molar-refractivity contribution is -0.119. The molecule has 1 unspecified atom stereocenters. The lowest BCUT2D eigenvalue weighted by Crippen LogP contribution is -2.44. The summed E-state index contributed by atoms with van der Waals surface area (Å²) in [5.74, 6) is 0.450. The first-order valence-electron chi connectivity index (χ1n) is 11.0. The van der Waals surface area contributed by atoms with Gasteiger partial charge >= 0.3 is 0 Å². The normalized spacial score (nSPS) is 14.7. The molecule has 1 aliphatic rings. The molecular weight excluding hydrogens is 506 g/mol. The quantitative estimate of drug-likeness (QED) is 0.401. The van der Waals surface area contributed by atoms with Crippen LogP contribution in [0.1, 0.15) is 11.6 Å². The van der Waals surface area contributed by atoms with Gasteiger partial charge in [-0.3, -0.25) is 4.79 Å². The van der Waals surface area contributed by atoms with Crippen molar-refractivity contribution in [3.63, 3.8) is 0 Å². The molecule has 1 atom stereocenters. The number of halogens is 3. The molecule has 1 amide bonds. The molecule has 0 spiro atoms. The molecule has 190 valence electrons. The van der Waals surface area contributed by atoms with Gasteiger partial charge < -0.3 is 25.7 Å². The SMILES string of the molecule is CN1CCN(c2ncnc3oc(-c4ccc(C(N)C(N)=O)cc4)c(-c4ccc(F)cc4)c23)CC1.Cl.Cl. The number of nitrogens with zero attached hydrogens (tertiary/aromatic N) is 4. The van der Waals surface area contributed by atoms with Gasteiger partial charge in [0, 0.05) is 37.3 Å². The van der Waals surface area contributed by atoms with E-state index in [2.05, 4.69) is 26.8 Å². The summed E-state index contributed by atoms with van der Waals surface area (Å²) >= 11 is 0. The van der Waals surface area contributed by atoms with E-state index >= 15 is 0 Å². The molecule has 1 fully saturated rings. The number of fused-ring (bicyclic) bond motifs is 1. The number of hydrogen-bond acceptors (Lipinski definition) is 7. The second kappa shape index (κ2) is 11.2. The Morgan fingerprint density at radius 2 is 1.58 bits per heavy atom. The highest BCUT2D eigenvalue weighted by atomic mass is 35.5. The van der Waals surface area contributed by atoms with Crippen LogP contribution in [0.3, 0.4) is 0 Å². The van der Waals surface area contributed by atoms with Gasteiger partial charge in [0.25, 0.3) is 0 Å². The molecule has 36 heavy (non-hydrogen) atoms. The van der Waals surface area contributed by atoms with Crippen molar-refractivity contribution in [3.05, 3.63) is 66.2 Å². The van der Waals surface area contributed by atoms with Crippen LogP contribution < -0.4 is 16.4 Å². The van der Waals surface area contributed by atoms with Gasteiger partial charge in [-0.05, 0) is 30.3 Å². The van der Waals surface area contributed by atoms with Crippen molar-refractivity contribution in [2.24, 2.45) is 11.5 Å². The maximum absolute atomic E-state index is 13.7. The number of furan rings is 1. The molecule has 2 aromatic carbocycles. The van der Waals surface area contributed by atoms with Crippen LogP contribution in [0, 0.1) is 5.82 Å². The van der Waals surface area contributed by atoms with Gasteiger partial charge in [0.1, 0.15) is 29.8 Å². The topological polar surface area (TPSA) is 115 Å². The van der Waals surface area contributed by atoms with E-state index in [1.807, 2.05) is 12.1 Å². The molecule has 0 saturated carbocycles. The molecule has 4 N–H and O–H groups in total. The monoisotopic (exact) mass is 532 g/mol. The third kappa shape index (κ3) is 5.15. The number of likely N-dealkylation sites (N-methyl/N-ethyl adjacent to an activating group) is 1. The summed E-state index contributed by atoms with van der Waals surface area (Å²) in [4.78, 5) is 25.0. The van der Waals surface area contributed by atoms with Crippen molar-refractivity contribution in [2.75, 3.05) is 38.1 Å². The smallest absolute Gasteiger partial charge is 0.238 e. The van der Waals surface area contributed by atoms with Gasteiger partial charge in [-0.15, -0.1) is 24.8 Å². The first kappa shape index (κ1) is 27.3. The van der Waals surface area contributed by atoms with Crippen molar-refractivity contribution >= 4 is 47.6 Å². The summed E-state index contributed by atoms with van der Waals surface area (Å²) in [5, 5.41) is 0.784. The second-order valence-corrected chi connectivity index (χ2v) is 8.48. The van der Waals surface area contributed by atoms with E-state index < -0.39 is 11.9 Å². The number of carbonyl (C=O) groups is 1. The summed E-state index contributed by atoms with van der Waals surface area (Å²) in [5.41, 5.74) is 14.6. The van der Waals surface area contributed by atoms with E-state index in [9.17, 15) is 9.18 Å². The highest BCUT2D eigenvalue weighted by molar-refractivity contribution is 6.06. The summed E-state index contributed by atoms with van der Waals surface area (Å²) in [6.45, 7) is 3.49. The standard InChI is InChI=1S/C25H25FN6O2.2ClH/c1-31-10-12-32(13-11-31)24-20-19(15-6-8-18(26)9-7-15)22(34-25(20)30-14-29-24)17-4-2-16(3-5-17)21(27)23(28)33;;/h2-9,14,21H,10-13,27H2,1H3,(H2,28,33);2*1H. The van der Waals surface area contributed by atoms with Gasteiger partial charge in [0.05, 0.1) is 5.39 Å². The molecule has 0 radical (unpaired) electrons. The Morgan fingerprint density at radius 1 is 0.972 bits per heavy atom. The fourth-order valence-electron chi connectivity index (χ4n) is 4.28. The minimum absolute atomic E-state index is 0. The fraction of sp³-hybridized carbons (Fsp3) is 0.240. The molecule has 11 heteroatoms. The Bertz CT molecular complexity index is 1340. The lowest BCUT2D eigenvalue weighted by Gasteiger charge is -2.33. The Hall–Kier alpha value is -3.24. The lowest BCUT2D eigenvalue weighted by atomic mass is 9.97. The average Bonchev–Trinajstić information content (AvgIpc) is 3.24. The molecule has 4 aromatic rings. The Balaban J connectivity index is 0.00000180. The molecule has 1 saturated heterocycles. The molecule has 0 aliphatic carbocycles. The van der Waals surface area contributed by atoms with Gasteiger partial charge in [-0.1, -0.05) is 36.4 Å². The Morgan fingerprint density at radius 3 is 2.19 bits per heavy atom. The van der Waals surface area contributed by atoms with E-state index in [1.165, 1.54) is 18.5 Å². The van der Waals surface area contributed by atoms with Crippen LogP contribution in [0.15, 0.2) is 59.3 Å². The number of anilines is 1. The maximum atomic E-state index is 13.7.